The summed E-state index contributed by atoms with van der Waals surface area (Å²) in [7, 11) is 1.28. The van der Waals surface area contributed by atoms with Crippen LogP contribution in [0.3, 0.4) is 0 Å². The Morgan fingerprint density at radius 3 is 2.43 bits per heavy atom. The third-order valence-electron chi connectivity index (χ3n) is 9.75. The smallest absolute Gasteiger partial charge is 0.406 e. The number of hydrazine groups is 1. The molecule has 0 bridgehead atoms. The number of aliphatic hydroxyl groups excluding tert-OH is 2. The average Bonchev–Trinajstić information content (AvgIpc) is 3.47. The van der Waals surface area contributed by atoms with Crippen LogP contribution in [0.5, 0.6) is 0 Å². The fraction of sp³-hybridized carbons (Fsp3) is 0.615. The van der Waals surface area contributed by atoms with Crippen LogP contribution in [0, 0.1) is 23.2 Å². The molecule has 0 radical (unpaired) electrons. The van der Waals surface area contributed by atoms with E-state index in [-0.39, 0.29) is 63.0 Å². The molecule has 1 aromatic heterocycles. The molecule has 0 spiro atoms. The zero-order chi connectivity index (χ0) is 39.1. The number of nitrogens with one attached hydrogen (secondary N) is 4. The van der Waals surface area contributed by atoms with Gasteiger partial charge in [0.1, 0.15) is 0 Å². The molecule has 1 aliphatic heterocycles. The van der Waals surface area contributed by atoms with Crippen LogP contribution >= 0.6 is 0 Å². The van der Waals surface area contributed by atoms with Gasteiger partial charge in [-0.05, 0) is 47.8 Å². The van der Waals surface area contributed by atoms with Crippen LogP contribution < -0.4 is 21.4 Å². The molecule has 14 heteroatoms. The lowest BCUT2D eigenvalue weighted by molar-refractivity contribution is -0.132. The van der Waals surface area contributed by atoms with Crippen molar-refractivity contribution in [2.24, 2.45) is 23.2 Å². The number of carbonyl (C=O) groups is 4. The molecule has 1 aromatic carbocycles. The molecule has 0 aliphatic carbocycles. The zero-order valence-corrected chi connectivity index (χ0v) is 32.4. The van der Waals surface area contributed by atoms with E-state index in [9.17, 15) is 29.4 Å². The van der Waals surface area contributed by atoms with Gasteiger partial charge in [0.2, 0.25) is 11.8 Å². The van der Waals surface area contributed by atoms with Crippen molar-refractivity contribution in [1.29, 1.82) is 0 Å². The Bertz CT molecular complexity index is 1480. The Hall–Kier alpha value is -4.27. The van der Waals surface area contributed by atoms with Gasteiger partial charge in [-0.1, -0.05) is 84.4 Å². The molecular weight excluding hydrogens is 678 g/mol. The number of rotatable bonds is 21. The quantitative estimate of drug-likeness (QED) is 0.105. The summed E-state index contributed by atoms with van der Waals surface area (Å²) < 4.78 is 4.66. The van der Waals surface area contributed by atoms with Gasteiger partial charge in [-0.3, -0.25) is 20.0 Å². The van der Waals surface area contributed by atoms with Crippen LogP contribution in [0.25, 0.3) is 0 Å². The first-order chi connectivity index (χ1) is 25.2. The second-order valence-corrected chi connectivity index (χ2v) is 15.3. The first kappa shape index (κ1) is 43.1. The molecule has 1 aliphatic rings. The summed E-state index contributed by atoms with van der Waals surface area (Å²) in [4.78, 5) is 58.6. The number of aliphatic hydroxyl groups is 2. The van der Waals surface area contributed by atoms with Crippen molar-refractivity contribution in [3.8, 4) is 0 Å². The number of hydrogen-bond acceptors (Lipinski definition) is 9. The molecule has 14 nitrogen and oxygen atoms in total. The van der Waals surface area contributed by atoms with Gasteiger partial charge in [-0.15, -0.1) is 0 Å². The third-order valence-corrected chi connectivity index (χ3v) is 9.75. The highest BCUT2D eigenvalue weighted by molar-refractivity contribution is 5.83. The summed E-state index contributed by atoms with van der Waals surface area (Å²) in [5.41, 5.74) is 4.42. The van der Waals surface area contributed by atoms with E-state index in [1.54, 1.807) is 28.1 Å². The lowest BCUT2D eigenvalue weighted by Crippen LogP contribution is -2.56. The number of amides is 5. The van der Waals surface area contributed by atoms with Crippen LogP contribution in [-0.2, 0) is 33.9 Å². The number of alkyl carbamates (subject to hydrolysis) is 1. The predicted octanol–water partition coefficient (Wildman–Crippen LogP) is 3.37. The third kappa shape index (κ3) is 13.9. The summed E-state index contributed by atoms with van der Waals surface area (Å²) in [6, 6.07) is 13.4. The zero-order valence-electron chi connectivity index (χ0n) is 32.4. The number of pyridine rings is 1. The minimum Gasteiger partial charge on any atom is -0.453 e. The van der Waals surface area contributed by atoms with Crippen LogP contribution in [0.4, 0.5) is 9.59 Å². The molecule has 5 unspecified atom stereocenters. The Morgan fingerprint density at radius 1 is 1.09 bits per heavy atom. The first-order valence-electron chi connectivity index (χ1n) is 18.6. The van der Waals surface area contributed by atoms with Crippen LogP contribution in [0.2, 0.25) is 0 Å². The lowest BCUT2D eigenvalue weighted by Gasteiger charge is -2.36. The molecule has 2 heterocycles. The Balaban J connectivity index is 1.85. The minimum atomic E-state index is -1.08. The Labute approximate surface area is 314 Å². The van der Waals surface area contributed by atoms with Crippen molar-refractivity contribution in [2.75, 3.05) is 33.3 Å². The maximum atomic E-state index is 14.4. The number of aromatic nitrogens is 1. The minimum absolute atomic E-state index is 0.0491. The maximum absolute atomic E-state index is 14.4. The highest BCUT2D eigenvalue weighted by atomic mass is 16.5. The van der Waals surface area contributed by atoms with E-state index in [4.69, 9.17) is 0 Å². The summed E-state index contributed by atoms with van der Waals surface area (Å²) in [5, 5.41) is 31.9. The van der Waals surface area contributed by atoms with Crippen molar-refractivity contribution < 1.29 is 34.1 Å². The van der Waals surface area contributed by atoms with E-state index in [1.165, 1.54) is 7.11 Å². The second-order valence-electron chi connectivity index (χ2n) is 15.3. The van der Waals surface area contributed by atoms with Crippen molar-refractivity contribution >= 4 is 23.9 Å². The van der Waals surface area contributed by atoms with Gasteiger partial charge in [0.25, 0.3) is 0 Å². The van der Waals surface area contributed by atoms with Gasteiger partial charge in [0.05, 0.1) is 55.8 Å². The van der Waals surface area contributed by atoms with Crippen molar-refractivity contribution in [2.45, 2.75) is 98.6 Å². The van der Waals surface area contributed by atoms with Crippen molar-refractivity contribution in [1.82, 2.24) is 36.3 Å². The molecule has 6 N–H and O–H groups in total. The first-order valence-corrected chi connectivity index (χ1v) is 18.6. The van der Waals surface area contributed by atoms with E-state index in [0.717, 1.165) is 12.0 Å². The number of nitrogens with zero attached hydrogens (tertiary/aromatic N) is 3. The van der Waals surface area contributed by atoms with Crippen molar-refractivity contribution in [3.05, 3.63) is 65.5 Å². The standard InChI is InChI=1S/C39H61N7O7/c1-8-27(4)35(32-21-40-37(51)46(32)22-29-15-12-16-30(24-47)42-29)36(50)43-31(19-28-13-10-9-11-14-28)33(48)23-45(18-17-26(2)3)44-34(49)20-39(5,6)25-41-38(52)53-7/h9-16,26-27,31-33,35,47-48H,8,17-25H2,1-7H3,(H,40,51)(H,41,52)(H,43,50)(H,44,49). The molecule has 1 fully saturated rings. The number of urea groups is 1. The molecule has 3 rings (SSSR count). The van der Waals surface area contributed by atoms with E-state index < -0.39 is 35.6 Å². The number of methoxy groups -OCH3 is 1. The number of ether oxygens (including phenoxy) is 1. The maximum Gasteiger partial charge on any atom is 0.406 e. The molecule has 5 amide bonds. The molecule has 1 saturated heterocycles. The molecular formula is C39H61N7O7. The second kappa shape index (κ2) is 20.8. The van der Waals surface area contributed by atoms with Crippen LogP contribution in [-0.4, -0.2) is 101 Å². The summed E-state index contributed by atoms with van der Waals surface area (Å²) in [6.07, 6.45) is 0.222. The molecule has 53 heavy (non-hydrogen) atoms. The van der Waals surface area contributed by atoms with Gasteiger partial charge in [0, 0.05) is 32.6 Å². The van der Waals surface area contributed by atoms with E-state index >= 15 is 0 Å². The molecule has 2 aromatic rings. The average molecular weight is 740 g/mol. The number of hydrogen-bond donors (Lipinski definition) is 6. The van der Waals surface area contributed by atoms with E-state index in [0.29, 0.717) is 36.7 Å². The summed E-state index contributed by atoms with van der Waals surface area (Å²) >= 11 is 0. The Morgan fingerprint density at radius 2 is 1.79 bits per heavy atom. The number of carbonyl (C=O) groups excluding carboxylic acids is 4. The molecule has 5 atom stereocenters. The highest BCUT2D eigenvalue weighted by Gasteiger charge is 2.43. The van der Waals surface area contributed by atoms with Gasteiger partial charge < -0.3 is 35.8 Å². The summed E-state index contributed by atoms with van der Waals surface area (Å²) in [5.74, 6) is -0.935. The SMILES string of the molecule is CCC(C)C(C(=O)NC(Cc1ccccc1)C(O)CN(CCC(C)C)NC(=O)CC(C)(C)CNC(=O)OC)C1CNC(=O)N1Cc1cccc(CO)n1. The topological polar surface area (TPSA) is 185 Å². The van der Waals surface area contributed by atoms with Gasteiger partial charge in [-0.2, -0.15) is 0 Å². The van der Waals surface area contributed by atoms with E-state index in [2.05, 4.69) is 44.9 Å². The lowest BCUT2D eigenvalue weighted by atomic mass is 9.83. The highest BCUT2D eigenvalue weighted by Crippen LogP contribution is 2.28. The number of benzene rings is 1. The molecule has 294 valence electrons. The fourth-order valence-corrected chi connectivity index (χ4v) is 6.50. The van der Waals surface area contributed by atoms with Gasteiger partial charge >= 0.3 is 12.1 Å². The van der Waals surface area contributed by atoms with Crippen molar-refractivity contribution in [3.63, 3.8) is 0 Å². The van der Waals surface area contributed by atoms with Gasteiger partial charge in [0.15, 0.2) is 0 Å². The van der Waals surface area contributed by atoms with Gasteiger partial charge in [-0.25, -0.2) is 14.6 Å². The van der Waals surface area contributed by atoms with Crippen LogP contribution in [0.15, 0.2) is 48.5 Å². The monoisotopic (exact) mass is 739 g/mol. The Kier molecular flexibility index (Phi) is 17.0. The predicted molar refractivity (Wildman–Crippen MR) is 202 cm³/mol. The van der Waals surface area contributed by atoms with Crippen LogP contribution in [0.1, 0.15) is 77.8 Å². The van der Waals surface area contributed by atoms with E-state index in [1.807, 2.05) is 58.0 Å². The summed E-state index contributed by atoms with van der Waals surface area (Å²) in [6.45, 7) is 12.9. The fourth-order valence-electron chi connectivity index (χ4n) is 6.50. The molecule has 0 saturated carbocycles. The largest absolute Gasteiger partial charge is 0.453 e. The normalized spacial score (nSPS) is 16.8.